The zero-order valence-electron chi connectivity index (χ0n) is 16.9. The molecule has 3 heteroatoms. The summed E-state index contributed by atoms with van der Waals surface area (Å²) in [6.45, 7) is 2.15. The van der Waals surface area contributed by atoms with Gasteiger partial charge in [0, 0.05) is 28.5 Å². The highest BCUT2D eigenvalue weighted by molar-refractivity contribution is 6.02. The summed E-state index contributed by atoms with van der Waals surface area (Å²) < 4.78 is 11.3. The normalized spacial score (nSPS) is 11.4. The lowest BCUT2D eigenvalue weighted by Gasteiger charge is -2.06. The second kappa shape index (κ2) is 7.68. The van der Waals surface area contributed by atoms with Gasteiger partial charge < -0.3 is 8.83 Å². The third-order valence-corrected chi connectivity index (χ3v) is 5.63. The molecule has 0 aliphatic heterocycles. The Kier molecular flexibility index (Phi) is 4.72. The van der Waals surface area contributed by atoms with E-state index in [0.717, 1.165) is 52.3 Å². The lowest BCUT2D eigenvalue weighted by molar-refractivity contribution is 0.556. The van der Waals surface area contributed by atoms with E-state index in [1.807, 2.05) is 24.3 Å². The minimum absolute atomic E-state index is 0.309. The predicted molar refractivity (Wildman–Crippen MR) is 122 cm³/mol. The molecule has 0 saturated heterocycles. The molecular weight excluding hydrogens is 372 g/mol. The number of hydrogen-bond acceptors (Lipinski definition) is 3. The van der Waals surface area contributed by atoms with Crippen LogP contribution in [0.5, 0.6) is 0 Å². The Hall–Kier alpha value is -3.59. The first-order chi connectivity index (χ1) is 14.7. The summed E-state index contributed by atoms with van der Waals surface area (Å²) in [5.74, 6) is 0. The molecule has 0 amide bonds. The van der Waals surface area contributed by atoms with E-state index in [4.69, 9.17) is 8.83 Å². The molecule has 5 aromatic rings. The summed E-state index contributed by atoms with van der Waals surface area (Å²) in [6, 6.07) is 24.4. The maximum atomic E-state index is 12.0. The number of hydrogen-bond donors (Lipinski definition) is 0. The quantitative estimate of drug-likeness (QED) is 0.296. The van der Waals surface area contributed by atoms with Crippen LogP contribution in [0.2, 0.25) is 0 Å². The second-order valence-corrected chi connectivity index (χ2v) is 7.63. The zero-order chi connectivity index (χ0) is 20.5. The van der Waals surface area contributed by atoms with Crippen LogP contribution in [0.4, 0.5) is 0 Å². The van der Waals surface area contributed by atoms with E-state index in [9.17, 15) is 4.79 Å². The lowest BCUT2D eigenvalue weighted by Crippen LogP contribution is -2.00. The molecule has 0 N–H and O–H groups in total. The van der Waals surface area contributed by atoms with Gasteiger partial charge in [0.25, 0.3) is 0 Å². The molecule has 0 aliphatic rings. The van der Waals surface area contributed by atoms with Crippen molar-refractivity contribution in [3.05, 3.63) is 95.0 Å². The van der Waals surface area contributed by atoms with Gasteiger partial charge in [-0.15, -0.1) is 0 Å². The van der Waals surface area contributed by atoms with Crippen LogP contribution in [0.3, 0.4) is 0 Å². The van der Waals surface area contributed by atoms with Gasteiger partial charge in [-0.1, -0.05) is 67.9 Å². The Bertz CT molecular complexity index is 1370. The van der Waals surface area contributed by atoms with E-state index in [2.05, 4.69) is 49.4 Å². The van der Waals surface area contributed by atoms with Crippen LogP contribution in [0.15, 0.2) is 92.7 Å². The molecule has 5 rings (SSSR count). The maximum Gasteiger partial charge on any atom is 0.336 e. The largest absolute Gasteiger partial charge is 0.464 e. The third-order valence-electron chi connectivity index (χ3n) is 5.63. The molecule has 30 heavy (non-hydrogen) atoms. The van der Waals surface area contributed by atoms with Crippen molar-refractivity contribution in [3.63, 3.8) is 0 Å². The summed E-state index contributed by atoms with van der Waals surface area (Å²) in [5.41, 5.74) is 6.55. The van der Waals surface area contributed by atoms with Crippen LogP contribution in [0.1, 0.15) is 25.3 Å². The van der Waals surface area contributed by atoms with Crippen LogP contribution < -0.4 is 5.63 Å². The fourth-order valence-electron chi connectivity index (χ4n) is 4.02. The number of furan rings is 1. The SMILES string of the molecule is CCCCc1cc(=O)oc2cc3occ(-c4ccc(-c5ccccc5)cc4)c3cc12. The van der Waals surface area contributed by atoms with Gasteiger partial charge in [-0.2, -0.15) is 0 Å². The molecule has 3 nitrogen and oxygen atoms in total. The van der Waals surface area contributed by atoms with Crippen molar-refractivity contribution in [3.8, 4) is 22.3 Å². The van der Waals surface area contributed by atoms with E-state index in [1.165, 1.54) is 11.1 Å². The summed E-state index contributed by atoms with van der Waals surface area (Å²) in [7, 11) is 0. The monoisotopic (exact) mass is 394 g/mol. The van der Waals surface area contributed by atoms with Crippen molar-refractivity contribution >= 4 is 21.9 Å². The van der Waals surface area contributed by atoms with Gasteiger partial charge in [-0.05, 0) is 41.2 Å². The van der Waals surface area contributed by atoms with Crippen molar-refractivity contribution in [2.45, 2.75) is 26.2 Å². The lowest BCUT2D eigenvalue weighted by atomic mass is 9.98. The first kappa shape index (κ1) is 18.4. The highest BCUT2D eigenvalue weighted by Crippen LogP contribution is 2.35. The van der Waals surface area contributed by atoms with Gasteiger partial charge in [0.2, 0.25) is 0 Å². The van der Waals surface area contributed by atoms with Crippen LogP contribution >= 0.6 is 0 Å². The van der Waals surface area contributed by atoms with Crippen LogP contribution in [0.25, 0.3) is 44.2 Å². The fourth-order valence-corrected chi connectivity index (χ4v) is 4.02. The van der Waals surface area contributed by atoms with E-state index in [-0.39, 0.29) is 5.63 Å². The van der Waals surface area contributed by atoms with Gasteiger partial charge in [0.15, 0.2) is 0 Å². The highest BCUT2D eigenvalue weighted by Gasteiger charge is 2.13. The highest BCUT2D eigenvalue weighted by atomic mass is 16.4. The minimum Gasteiger partial charge on any atom is -0.464 e. The molecule has 0 saturated carbocycles. The molecular formula is C27H22O3. The zero-order valence-corrected chi connectivity index (χ0v) is 16.9. The van der Waals surface area contributed by atoms with Gasteiger partial charge in [-0.3, -0.25) is 0 Å². The van der Waals surface area contributed by atoms with Crippen molar-refractivity contribution in [1.29, 1.82) is 0 Å². The number of fused-ring (bicyclic) bond motifs is 2. The number of unbranched alkanes of at least 4 members (excludes halogenated alkanes) is 1. The van der Waals surface area contributed by atoms with Crippen LogP contribution in [0, 0.1) is 0 Å². The molecule has 2 aromatic heterocycles. The molecule has 2 heterocycles. The number of aryl methyl sites for hydroxylation is 1. The average Bonchev–Trinajstić information content (AvgIpc) is 3.19. The molecule has 0 radical (unpaired) electrons. The number of rotatable bonds is 5. The summed E-state index contributed by atoms with van der Waals surface area (Å²) in [4.78, 5) is 12.0. The molecule has 0 spiro atoms. The fraction of sp³-hybridized carbons (Fsp3) is 0.148. The van der Waals surface area contributed by atoms with Gasteiger partial charge >= 0.3 is 5.63 Å². The Morgan fingerprint density at radius 1 is 0.767 bits per heavy atom. The molecule has 0 bridgehead atoms. The molecule has 0 atom stereocenters. The number of benzene rings is 3. The molecule has 3 aromatic carbocycles. The van der Waals surface area contributed by atoms with Crippen molar-refractivity contribution in [2.24, 2.45) is 0 Å². The van der Waals surface area contributed by atoms with Gasteiger partial charge in [0.05, 0.1) is 6.26 Å². The summed E-state index contributed by atoms with van der Waals surface area (Å²) in [5, 5.41) is 2.01. The first-order valence-corrected chi connectivity index (χ1v) is 10.4. The van der Waals surface area contributed by atoms with Gasteiger partial charge in [-0.25, -0.2) is 4.79 Å². The summed E-state index contributed by atoms with van der Waals surface area (Å²) >= 11 is 0. The minimum atomic E-state index is -0.309. The van der Waals surface area contributed by atoms with Gasteiger partial charge in [0.1, 0.15) is 11.2 Å². The van der Waals surface area contributed by atoms with Crippen molar-refractivity contribution < 1.29 is 8.83 Å². The standard InChI is InChI=1S/C27H22O3/c1-2-3-7-21-14-27(28)30-26-16-25-23(15-22(21)26)24(17-29-25)20-12-10-19(11-13-20)18-8-5-4-6-9-18/h4-6,8-17H,2-3,7H2,1H3. The van der Waals surface area contributed by atoms with E-state index < -0.39 is 0 Å². The molecule has 0 unspecified atom stereocenters. The Labute approximate surface area is 174 Å². The van der Waals surface area contributed by atoms with E-state index >= 15 is 0 Å². The molecule has 0 fully saturated rings. The Morgan fingerprint density at radius 3 is 2.27 bits per heavy atom. The molecule has 0 aliphatic carbocycles. The smallest absolute Gasteiger partial charge is 0.336 e. The summed E-state index contributed by atoms with van der Waals surface area (Å²) in [6.07, 6.45) is 4.76. The van der Waals surface area contributed by atoms with Crippen LogP contribution in [-0.4, -0.2) is 0 Å². The van der Waals surface area contributed by atoms with E-state index in [1.54, 1.807) is 12.3 Å². The maximum absolute atomic E-state index is 12.0. The Morgan fingerprint density at radius 2 is 1.50 bits per heavy atom. The predicted octanol–water partition coefficient (Wildman–Crippen LogP) is 7.22. The van der Waals surface area contributed by atoms with Crippen LogP contribution in [-0.2, 0) is 6.42 Å². The topological polar surface area (TPSA) is 43.4 Å². The van der Waals surface area contributed by atoms with Crippen molar-refractivity contribution in [1.82, 2.24) is 0 Å². The Balaban J connectivity index is 1.61. The second-order valence-electron chi connectivity index (χ2n) is 7.63. The van der Waals surface area contributed by atoms with Crippen molar-refractivity contribution in [2.75, 3.05) is 0 Å². The first-order valence-electron chi connectivity index (χ1n) is 10.4. The average molecular weight is 394 g/mol. The van der Waals surface area contributed by atoms with E-state index in [0.29, 0.717) is 5.58 Å². The molecule has 148 valence electrons. The third kappa shape index (κ3) is 3.33.